The number of benzene rings is 1. The van der Waals surface area contributed by atoms with Gasteiger partial charge in [0, 0.05) is 43.5 Å². The van der Waals surface area contributed by atoms with Crippen LogP contribution in [0.4, 0.5) is 0 Å². The number of rotatable bonds is 7. The van der Waals surface area contributed by atoms with Crippen LogP contribution >= 0.6 is 0 Å². The van der Waals surface area contributed by atoms with Crippen molar-refractivity contribution in [1.29, 1.82) is 0 Å². The van der Waals surface area contributed by atoms with Crippen LogP contribution < -0.4 is 14.8 Å². The molecule has 7 nitrogen and oxygen atoms in total. The van der Waals surface area contributed by atoms with E-state index in [1.807, 2.05) is 21.7 Å². The van der Waals surface area contributed by atoms with Crippen molar-refractivity contribution in [3.63, 3.8) is 0 Å². The summed E-state index contributed by atoms with van der Waals surface area (Å²) in [5, 5.41) is 8.43. The minimum absolute atomic E-state index is 0.115. The number of aromatic nitrogens is 2. The maximum absolute atomic E-state index is 13.2. The zero-order chi connectivity index (χ0) is 21.8. The van der Waals surface area contributed by atoms with Crippen molar-refractivity contribution in [2.75, 3.05) is 27.3 Å². The molecule has 1 aliphatic carbocycles. The largest absolute Gasteiger partial charge is 0.493 e. The highest BCUT2D eigenvalue weighted by Gasteiger charge is 2.31. The normalized spacial score (nSPS) is 18.5. The Balaban J connectivity index is 1.47. The molecule has 2 heterocycles. The molecular formula is C24H34N4O3. The summed E-state index contributed by atoms with van der Waals surface area (Å²) in [7, 11) is 3.30. The fraction of sp³-hybridized carbons (Fsp3) is 0.583. The van der Waals surface area contributed by atoms with E-state index in [9.17, 15) is 4.79 Å². The number of fused-ring (bicyclic) bond motifs is 1. The summed E-state index contributed by atoms with van der Waals surface area (Å²) in [6, 6.07) is 6.34. The minimum atomic E-state index is 0.115. The van der Waals surface area contributed by atoms with Crippen LogP contribution in [0, 0.1) is 0 Å². The molecule has 1 aromatic heterocycles. The standard InChI is InChI=1S/C24H34N4O3/c1-4-28-20-10-9-18(25-16-17-8-11-21(30-2)22(14-17)31-3)15-19(20)23(26-28)24(29)27-12-6-5-7-13-27/h8,11,14,18,25H,4-7,9-10,12-13,15-16H2,1-3H3. The first-order chi connectivity index (χ1) is 15.1. The third-order valence-electron chi connectivity index (χ3n) is 6.53. The van der Waals surface area contributed by atoms with Gasteiger partial charge in [-0.3, -0.25) is 9.48 Å². The molecule has 7 heteroatoms. The third-order valence-corrected chi connectivity index (χ3v) is 6.53. The number of aryl methyl sites for hydroxylation is 1. The molecule has 4 rings (SSSR count). The van der Waals surface area contributed by atoms with Gasteiger partial charge in [0.25, 0.3) is 5.91 Å². The highest BCUT2D eigenvalue weighted by Crippen LogP contribution is 2.29. The molecule has 0 spiro atoms. The summed E-state index contributed by atoms with van der Waals surface area (Å²) < 4.78 is 12.8. The summed E-state index contributed by atoms with van der Waals surface area (Å²) in [6.07, 6.45) is 6.25. The van der Waals surface area contributed by atoms with E-state index in [1.54, 1.807) is 14.2 Å². The first kappa shape index (κ1) is 21.7. The predicted molar refractivity (Wildman–Crippen MR) is 120 cm³/mol. The van der Waals surface area contributed by atoms with Crippen LogP contribution in [0.3, 0.4) is 0 Å². The summed E-state index contributed by atoms with van der Waals surface area (Å²) >= 11 is 0. The number of carbonyl (C=O) groups is 1. The number of hydrogen-bond donors (Lipinski definition) is 1. The fourth-order valence-electron chi connectivity index (χ4n) is 4.79. The van der Waals surface area contributed by atoms with Gasteiger partial charge in [-0.1, -0.05) is 6.07 Å². The molecule has 2 aliphatic rings. The van der Waals surface area contributed by atoms with Gasteiger partial charge in [-0.05, 0) is 63.1 Å². The van der Waals surface area contributed by atoms with Crippen molar-refractivity contribution < 1.29 is 14.3 Å². The molecule has 1 atom stereocenters. The predicted octanol–water partition coefficient (Wildman–Crippen LogP) is 3.19. The number of piperidine rings is 1. The number of carbonyl (C=O) groups excluding carboxylic acids is 1. The lowest BCUT2D eigenvalue weighted by Gasteiger charge is -2.28. The van der Waals surface area contributed by atoms with E-state index in [1.165, 1.54) is 12.1 Å². The van der Waals surface area contributed by atoms with Gasteiger partial charge in [-0.15, -0.1) is 0 Å². The van der Waals surface area contributed by atoms with Crippen molar-refractivity contribution in [2.24, 2.45) is 0 Å². The average molecular weight is 427 g/mol. The van der Waals surface area contributed by atoms with Crippen LogP contribution in [0.15, 0.2) is 18.2 Å². The summed E-state index contributed by atoms with van der Waals surface area (Å²) in [5.41, 5.74) is 4.22. The van der Waals surface area contributed by atoms with Crippen LogP contribution in [0.1, 0.15) is 59.9 Å². The van der Waals surface area contributed by atoms with Crippen molar-refractivity contribution in [3.8, 4) is 11.5 Å². The van der Waals surface area contributed by atoms with Gasteiger partial charge in [0.1, 0.15) is 0 Å². The van der Waals surface area contributed by atoms with E-state index < -0.39 is 0 Å². The number of likely N-dealkylation sites (tertiary alicyclic amines) is 1. The van der Waals surface area contributed by atoms with Crippen LogP contribution in [0.5, 0.6) is 11.5 Å². The highest BCUT2D eigenvalue weighted by molar-refractivity contribution is 5.94. The Morgan fingerprint density at radius 3 is 2.65 bits per heavy atom. The van der Waals surface area contributed by atoms with Crippen LogP contribution in [0.25, 0.3) is 0 Å². The van der Waals surface area contributed by atoms with E-state index in [4.69, 9.17) is 14.6 Å². The van der Waals surface area contributed by atoms with Crippen molar-refractivity contribution in [3.05, 3.63) is 40.7 Å². The Morgan fingerprint density at radius 1 is 1.16 bits per heavy atom. The molecular weight excluding hydrogens is 392 g/mol. The number of nitrogens with one attached hydrogen (secondary N) is 1. The molecule has 1 amide bonds. The Bertz CT molecular complexity index is 918. The quantitative estimate of drug-likeness (QED) is 0.736. The molecule has 1 aromatic carbocycles. The van der Waals surface area contributed by atoms with E-state index in [-0.39, 0.29) is 5.91 Å². The molecule has 2 aromatic rings. The molecule has 1 unspecified atom stereocenters. The van der Waals surface area contributed by atoms with E-state index >= 15 is 0 Å². The Labute approximate surface area is 184 Å². The van der Waals surface area contributed by atoms with Crippen molar-refractivity contribution in [1.82, 2.24) is 20.0 Å². The molecule has 1 aliphatic heterocycles. The molecule has 1 fully saturated rings. The second-order valence-electron chi connectivity index (χ2n) is 8.45. The Morgan fingerprint density at radius 2 is 1.94 bits per heavy atom. The highest BCUT2D eigenvalue weighted by atomic mass is 16.5. The monoisotopic (exact) mass is 426 g/mol. The van der Waals surface area contributed by atoms with Crippen molar-refractivity contribution in [2.45, 2.75) is 64.6 Å². The molecule has 31 heavy (non-hydrogen) atoms. The fourth-order valence-corrected chi connectivity index (χ4v) is 4.79. The van der Waals surface area contributed by atoms with E-state index in [2.05, 4.69) is 18.3 Å². The first-order valence-electron chi connectivity index (χ1n) is 11.5. The van der Waals surface area contributed by atoms with Crippen LogP contribution in [0.2, 0.25) is 0 Å². The zero-order valence-electron chi connectivity index (χ0n) is 18.9. The molecule has 0 radical (unpaired) electrons. The molecule has 0 bridgehead atoms. The van der Waals surface area contributed by atoms with Gasteiger partial charge >= 0.3 is 0 Å². The first-order valence-corrected chi connectivity index (χ1v) is 11.5. The number of amides is 1. The van der Waals surface area contributed by atoms with Gasteiger partial charge in [-0.2, -0.15) is 5.10 Å². The van der Waals surface area contributed by atoms with E-state index in [0.717, 1.165) is 80.9 Å². The summed E-state index contributed by atoms with van der Waals surface area (Å²) in [6.45, 7) is 5.36. The van der Waals surface area contributed by atoms with Crippen molar-refractivity contribution >= 4 is 5.91 Å². The van der Waals surface area contributed by atoms with Gasteiger partial charge in [0.2, 0.25) is 0 Å². The third kappa shape index (κ3) is 4.56. The maximum atomic E-state index is 13.2. The smallest absolute Gasteiger partial charge is 0.274 e. The van der Waals surface area contributed by atoms with Gasteiger partial charge in [0.15, 0.2) is 17.2 Å². The lowest BCUT2D eigenvalue weighted by molar-refractivity contribution is 0.0716. The number of hydrogen-bond acceptors (Lipinski definition) is 5. The van der Waals surface area contributed by atoms with Gasteiger partial charge < -0.3 is 19.7 Å². The van der Waals surface area contributed by atoms with Crippen LogP contribution in [-0.4, -0.2) is 53.9 Å². The lowest BCUT2D eigenvalue weighted by Crippen LogP contribution is -2.38. The average Bonchev–Trinajstić information content (AvgIpc) is 3.20. The zero-order valence-corrected chi connectivity index (χ0v) is 18.9. The Kier molecular flexibility index (Phi) is 6.80. The van der Waals surface area contributed by atoms with E-state index in [0.29, 0.717) is 11.7 Å². The number of nitrogens with zero attached hydrogens (tertiary/aromatic N) is 3. The van der Waals surface area contributed by atoms with Gasteiger partial charge in [0.05, 0.1) is 14.2 Å². The summed E-state index contributed by atoms with van der Waals surface area (Å²) in [5.74, 6) is 1.59. The maximum Gasteiger partial charge on any atom is 0.274 e. The molecule has 1 N–H and O–H groups in total. The molecule has 0 saturated carbocycles. The minimum Gasteiger partial charge on any atom is -0.493 e. The SMILES string of the molecule is CCn1nc(C(=O)N2CCCCC2)c2c1CCC(NCc1ccc(OC)c(OC)c1)C2. The second kappa shape index (κ2) is 9.73. The number of ether oxygens (including phenoxy) is 2. The molecule has 168 valence electrons. The Hall–Kier alpha value is -2.54. The lowest BCUT2D eigenvalue weighted by atomic mass is 9.90. The van der Waals surface area contributed by atoms with Gasteiger partial charge in [-0.25, -0.2) is 0 Å². The van der Waals surface area contributed by atoms with Crippen LogP contribution in [-0.2, 0) is 25.9 Å². The number of methoxy groups -OCH3 is 2. The topological polar surface area (TPSA) is 68.6 Å². The summed E-state index contributed by atoms with van der Waals surface area (Å²) in [4.78, 5) is 15.2. The molecule has 1 saturated heterocycles. The second-order valence-corrected chi connectivity index (χ2v) is 8.45.